The minimum atomic E-state index is 0.142. The molecule has 0 fully saturated rings. The largest absolute Gasteiger partial charge is 0.191 e. The molecule has 0 aliphatic rings. The molecule has 0 saturated heterocycles. The maximum atomic E-state index is 4.55. The molecular formula is C13H14BrNS. The van der Waals surface area contributed by atoms with Crippen LogP contribution in [0.2, 0.25) is 0 Å². The third kappa shape index (κ3) is 2.20. The summed E-state index contributed by atoms with van der Waals surface area (Å²) in [6.45, 7) is 6.63. The van der Waals surface area contributed by atoms with Crippen LogP contribution in [0.15, 0.2) is 34.8 Å². The van der Waals surface area contributed by atoms with E-state index in [1.54, 1.807) is 11.5 Å². The molecule has 3 heteroatoms. The number of aromatic nitrogens is 1. The average molecular weight is 296 g/mol. The summed E-state index contributed by atoms with van der Waals surface area (Å²) in [7, 11) is 0. The number of halogens is 1. The first-order chi connectivity index (χ1) is 7.50. The van der Waals surface area contributed by atoms with Crippen LogP contribution >= 0.6 is 27.5 Å². The van der Waals surface area contributed by atoms with E-state index >= 15 is 0 Å². The summed E-state index contributed by atoms with van der Waals surface area (Å²) in [6, 6.07) is 10.3. The van der Waals surface area contributed by atoms with E-state index in [9.17, 15) is 0 Å². The quantitative estimate of drug-likeness (QED) is 0.731. The molecule has 16 heavy (non-hydrogen) atoms. The van der Waals surface area contributed by atoms with Crippen LogP contribution in [0.1, 0.15) is 25.6 Å². The van der Waals surface area contributed by atoms with Gasteiger partial charge in [-0.3, -0.25) is 0 Å². The van der Waals surface area contributed by atoms with Gasteiger partial charge in [-0.1, -0.05) is 51.1 Å². The second-order valence-electron chi connectivity index (χ2n) is 4.79. The van der Waals surface area contributed by atoms with E-state index in [1.165, 1.54) is 10.4 Å². The topological polar surface area (TPSA) is 12.9 Å². The van der Waals surface area contributed by atoms with Crippen LogP contribution in [0, 0.1) is 0 Å². The van der Waals surface area contributed by atoms with Crippen LogP contribution in [0.5, 0.6) is 0 Å². The maximum Gasteiger partial charge on any atom is 0.0985 e. The van der Waals surface area contributed by atoms with Crippen LogP contribution in [0.25, 0.3) is 11.3 Å². The molecule has 0 bridgehead atoms. The summed E-state index contributed by atoms with van der Waals surface area (Å²) >= 11 is 5.25. The Labute approximate surface area is 109 Å². The van der Waals surface area contributed by atoms with Gasteiger partial charge in [0.05, 0.1) is 10.2 Å². The molecule has 0 spiro atoms. The highest BCUT2D eigenvalue weighted by molar-refractivity contribution is 9.10. The molecule has 2 aromatic rings. The standard InChI is InChI=1S/C13H14BrNS/c1-13(2,3)12-10(14)11(15-16-12)9-7-5-4-6-8-9/h4-8H,1-3H3. The molecular weight excluding hydrogens is 282 g/mol. The van der Waals surface area contributed by atoms with Gasteiger partial charge in [-0.15, -0.1) is 0 Å². The summed E-state index contributed by atoms with van der Waals surface area (Å²) in [4.78, 5) is 1.30. The van der Waals surface area contributed by atoms with Crippen LogP contribution < -0.4 is 0 Å². The number of rotatable bonds is 1. The zero-order valence-corrected chi connectivity index (χ0v) is 12.0. The average Bonchev–Trinajstić information content (AvgIpc) is 2.61. The van der Waals surface area contributed by atoms with Crippen molar-refractivity contribution in [1.29, 1.82) is 0 Å². The second-order valence-corrected chi connectivity index (χ2v) is 6.36. The summed E-state index contributed by atoms with van der Waals surface area (Å²) < 4.78 is 5.68. The maximum absolute atomic E-state index is 4.55. The van der Waals surface area contributed by atoms with Crippen molar-refractivity contribution in [1.82, 2.24) is 4.37 Å². The lowest BCUT2D eigenvalue weighted by Crippen LogP contribution is -2.09. The molecule has 0 aliphatic heterocycles. The third-order valence-corrected chi connectivity index (χ3v) is 4.67. The first-order valence-electron chi connectivity index (χ1n) is 5.21. The molecule has 0 amide bonds. The molecule has 0 atom stereocenters. The number of nitrogens with zero attached hydrogens (tertiary/aromatic N) is 1. The highest BCUT2D eigenvalue weighted by Crippen LogP contribution is 2.39. The van der Waals surface area contributed by atoms with E-state index in [0.29, 0.717) is 0 Å². The predicted octanol–water partition coefficient (Wildman–Crippen LogP) is 4.87. The molecule has 0 aliphatic carbocycles. The summed E-state index contributed by atoms with van der Waals surface area (Å²) in [5, 5.41) is 0. The fourth-order valence-electron chi connectivity index (χ4n) is 1.52. The zero-order chi connectivity index (χ0) is 11.8. The minimum absolute atomic E-state index is 0.142. The minimum Gasteiger partial charge on any atom is -0.191 e. The van der Waals surface area contributed by atoms with Gasteiger partial charge in [0.1, 0.15) is 0 Å². The SMILES string of the molecule is CC(C)(C)c1snc(-c2ccccc2)c1Br. The lowest BCUT2D eigenvalue weighted by molar-refractivity contribution is 0.601. The molecule has 0 saturated carbocycles. The highest BCUT2D eigenvalue weighted by Gasteiger charge is 2.23. The Morgan fingerprint density at radius 2 is 1.75 bits per heavy atom. The Morgan fingerprint density at radius 1 is 1.12 bits per heavy atom. The van der Waals surface area contributed by atoms with Crippen molar-refractivity contribution in [2.45, 2.75) is 26.2 Å². The molecule has 0 unspecified atom stereocenters. The van der Waals surface area contributed by atoms with Gasteiger partial charge in [-0.05, 0) is 32.9 Å². The fraction of sp³-hybridized carbons (Fsp3) is 0.308. The van der Waals surface area contributed by atoms with Crippen molar-refractivity contribution < 1.29 is 0 Å². The van der Waals surface area contributed by atoms with Crippen LogP contribution in [-0.4, -0.2) is 4.37 Å². The Kier molecular flexibility index (Phi) is 3.17. The summed E-state index contributed by atoms with van der Waals surface area (Å²) in [5.41, 5.74) is 2.36. The molecule has 1 nitrogen and oxygen atoms in total. The molecule has 0 N–H and O–H groups in total. The highest BCUT2D eigenvalue weighted by atomic mass is 79.9. The van der Waals surface area contributed by atoms with E-state index in [4.69, 9.17) is 0 Å². The zero-order valence-electron chi connectivity index (χ0n) is 9.62. The molecule has 84 valence electrons. The van der Waals surface area contributed by atoms with Gasteiger partial charge in [0, 0.05) is 10.4 Å². The van der Waals surface area contributed by atoms with Crippen molar-refractivity contribution >= 4 is 27.5 Å². The Morgan fingerprint density at radius 3 is 2.25 bits per heavy atom. The van der Waals surface area contributed by atoms with Crippen molar-refractivity contribution in [2.24, 2.45) is 0 Å². The molecule has 1 heterocycles. The molecule has 1 aromatic carbocycles. The van der Waals surface area contributed by atoms with Crippen LogP contribution in [0.3, 0.4) is 0 Å². The van der Waals surface area contributed by atoms with Gasteiger partial charge in [0.15, 0.2) is 0 Å². The van der Waals surface area contributed by atoms with Gasteiger partial charge in [-0.25, -0.2) is 0 Å². The lowest BCUT2D eigenvalue weighted by Gasteiger charge is -2.16. The third-order valence-electron chi connectivity index (χ3n) is 2.36. The van der Waals surface area contributed by atoms with Gasteiger partial charge in [0.2, 0.25) is 0 Å². The van der Waals surface area contributed by atoms with Gasteiger partial charge < -0.3 is 0 Å². The van der Waals surface area contributed by atoms with Crippen LogP contribution in [0.4, 0.5) is 0 Å². The van der Waals surface area contributed by atoms with E-state index in [1.807, 2.05) is 18.2 Å². The molecule has 1 aromatic heterocycles. The van der Waals surface area contributed by atoms with E-state index in [-0.39, 0.29) is 5.41 Å². The fourth-order valence-corrected chi connectivity index (χ4v) is 3.60. The van der Waals surface area contributed by atoms with Gasteiger partial charge in [-0.2, -0.15) is 4.37 Å². The normalized spacial score (nSPS) is 11.8. The monoisotopic (exact) mass is 295 g/mol. The first-order valence-corrected chi connectivity index (χ1v) is 6.78. The smallest absolute Gasteiger partial charge is 0.0985 e. The predicted molar refractivity (Wildman–Crippen MR) is 74.0 cm³/mol. The van der Waals surface area contributed by atoms with Crippen molar-refractivity contribution in [2.75, 3.05) is 0 Å². The van der Waals surface area contributed by atoms with Crippen molar-refractivity contribution in [3.63, 3.8) is 0 Å². The van der Waals surface area contributed by atoms with Gasteiger partial charge in [0.25, 0.3) is 0 Å². The Balaban J connectivity index is 2.50. The number of benzene rings is 1. The van der Waals surface area contributed by atoms with Crippen LogP contribution in [-0.2, 0) is 5.41 Å². The van der Waals surface area contributed by atoms with Gasteiger partial charge >= 0.3 is 0 Å². The van der Waals surface area contributed by atoms with Crippen molar-refractivity contribution in [3.05, 3.63) is 39.7 Å². The molecule has 2 rings (SSSR count). The van der Waals surface area contributed by atoms with E-state index in [2.05, 4.69) is 53.2 Å². The van der Waals surface area contributed by atoms with E-state index < -0.39 is 0 Å². The Bertz CT molecular complexity index is 482. The second kappa shape index (κ2) is 4.30. The number of hydrogen-bond acceptors (Lipinski definition) is 2. The van der Waals surface area contributed by atoms with Crippen molar-refractivity contribution in [3.8, 4) is 11.3 Å². The summed E-state index contributed by atoms with van der Waals surface area (Å²) in [6.07, 6.45) is 0. The van der Waals surface area contributed by atoms with E-state index in [0.717, 1.165) is 10.2 Å². The summed E-state index contributed by atoms with van der Waals surface area (Å²) in [5.74, 6) is 0. The molecule has 0 radical (unpaired) electrons. The first kappa shape index (κ1) is 11.8. The number of hydrogen-bond donors (Lipinski definition) is 0. The Hall–Kier alpha value is -0.670. The lowest BCUT2D eigenvalue weighted by atomic mass is 9.94.